The largest absolute Gasteiger partial charge is 0.496 e. The van der Waals surface area contributed by atoms with Crippen LogP contribution >= 0.6 is 0 Å². The zero-order valence-electron chi connectivity index (χ0n) is 14.3. The fourth-order valence-corrected chi connectivity index (χ4v) is 3.30. The van der Waals surface area contributed by atoms with E-state index in [1.807, 2.05) is 6.92 Å². The van der Waals surface area contributed by atoms with Crippen LogP contribution in [0.15, 0.2) is 36.4 Å². The summed E-state index contributed by atoms with van der Waals surface area (Å²) in [5.74, 6) is 1.71. The first-order valence-corrected chi connectivity index (χ1v) is 8.25. The van der Waals surface area contributed by atoms with E-state index >= 15 is 0 Å². The van der Waals surface area contributed by atoms with Crippen molar-refractivity contribution in [1.29, 1.82) is 0 Å². The minimum Gasteiger partial charge on any atom is -0.496 e. The standard InChI is InChI=1S/C20H25NO2/c1-15-12-18(22-2)20(19(13-15)23-3)17-8-6-16(7-9-17)14-21-10-4-5-11-21/h6-9,12-13H,4-5,10-11,14H2,1-3H3. The lowest BCUT2D eigenvalue weighted by Crippen LogP contribution is -2.18. The van der Waals surface area contributed by atoms with Gasteiger partial charge in [0.05, 0.1) is 19.8 Å². The third-order valence-electron chi connectivity index (χ3n) is 4.50. The molecule has 1 saturated heterocycles. The minimum absolute atomic E-state index is 0.856. The lowest BCUT2D eigenvalue weighted by molar-refractivity contribution is 0.331. The molecule has 3 rings (SSSR count). The van der Waals surface area contributed by atoms with E-state index in [-0.39, 0.29) is 0 Å². The van der Waals surface area contributed by atoms with Crippen molar-refractivity contribution in [3.8, 4) is 22.6 Å². The first kappa shape index (κ1) is 15.9. The van der Waals surface area contributed by atoms with Crippen molar-refractivity contribution in [3.05, 3.63) is 47.5 Å². The van der Waals surface area contributed by atoms with Gasteiger partial charge in [-0.2, -0.15) is 0 Å². The smallest absolute Gasteiger partial charge is 0.130 e. The summed E-state index contributed by atoms with van der Waals surface area (Å²) in [6.07, 6.45) is 2.66. The molecule has 0 spiro atoms. The molecule has 2 aromatic carbocycles. The maximum Gasteiger partial charge on any atom is 0.130 e. The third-order valence-corrected chi connectivity index (χ3v) is 4.50. The number of hydrogen-bond acceptors (Lipinski definition) is 3. The number of likely N-dealkylation sites (tertiary alicyclic amines) is 1. The topological polar surface area (TPSA) is 21.7 Å². The number of aryl methyl sites for hydroxylation is 1. The van der Waals surface area contributed by atoms with Crippen LogP contribution in [-0.2, 0) is 6.54 Å². The summed E-state index contributed by atoms with van der Waals surface area (Å²) < 4.78 is 11.1. The Morgan fingerprint density at radius 3 is 2.00 bits per heavy atom. The van der Waals surface area contributed by atoms with Crippen LogP contribution in [0.3, 0.4) is 0 Å². The molecule has 122 valence electrons. The molecular weight excluding hydrogens is 286 g/mol. The van der Waals surface area contributed by atoms with Crippen LogP contribution in [0.2, 0.25) is 0 Å². The Labute approximate surface area is 138 Å². The van der Waals surface area contributed by atoms with Crippen molar-refractivity contribution >= 4 is 0 Å². The molecule has 1 aliphatic rings. The summed E-state index contributed by atoms with van der Waals surface area (Å²) in [7, 11) is 3.42. The first-order chi connectivity index (χ1) is 11.2. The molecular formula is C20H25NO2. The fraction of sp³-hybridized carbons (Fsp3) is 0.400. The van der Waals surface area contributed by atoms with E-state index in [4.69, 9.17) is 9.47 Å². The van der Waals surface area contributed by atoms with E-state index in [0.29, 0.717) is 0 Å². The van der Waals surface area contributed by atoms with Crippen molar-refractivity contribution in [3.63, 3.8) is 0 Å². The summed E-state index contributed by atoms with van der Waals surface area (Å²) in [4.78, 5) is 2.52. The van der Waals surface area contributed by atoms with Crippen LogP contribution in [0.25, 0.3) is 11.1 Å². The van der Waals surface area contributed by atoms with Gasteiger partial charge in [-0.3, -0.25) is 4.90 Å². The van der Waals surface area contributed by atoms with Crippen molar-refractivity contribution in [2.24, 2.45) is 0 Å². The Morgan fingerprint density at radius 1 is 0.913 bits per heavy atom. The van der Waals surface area contributed by atoms with E-state index in [2.05, 4.69) is 41.3 Å². The van der Waals surface area contributed by atoms with Gasteiger partial charge in [0.2, 0.25) is 0 Å². The molecule has 2 aromatic rings. The zero-order valence-corrected chi connectivity index (χ0v) is 14.3. The average molecular weight is 311 g/mol. The highest BCUT2D eigenvalue weighted by Gasteiger charge is 2.15. The number of methoxy groups -OCH3 is 2. The molecule has 1 aliphatic heterocycles. The molecule has 0 N–H and O–H groups in total. The Balaban J connectivity index is 1.89. The summed E-state index contributed by atoms with van der Waals surface area (Å²) in [6.45, 7) is 5.54. The molecule has 0 amide bonds. The third kappa shape index (κ3) is 3.50. The summed E-state index contributed by atoms with van der Waals surface area (Å²) in [6, 6.07) is 12.9. The molecule has 0 bridgehead atoms. The van der Waals surface area contributed by atoms with Crippen LogP contribution in [0.1, 0.15) is 24.0 Å². The van der Waals surface area contributed by atoms with Gasteiger partial charge in [0.15, 0.2) is 0 Å². The molecule has 0 radical (unpaired) electrons. The summed E-state index contributed by atoms with van der Waals surface area (Å²) >= 11 is 0. The average Bonchev–Trinajstić information content (AvgIpc) is 3.08. The van der Waals surface area contributed by atoms with Gasteiger partial charge in [0, 0.05) is 6.54 Å². The van der Waals surface area contributed by atoms with Gasteiger partial charge >= 0.3 is 0 Å². The van der Waals surface area contributed by atoms with Gasteiger partial charge in [-0.05, 0) is 61.7 Å². The first-order valence-electron chi connectivity index (χ1n) is 8.25. The highest BCUT2D eigenvalue weighted by molar-refractivity contribution is 5.77. The number of benzene rings is 2. The fourth-order valence-electron chi connectivity index (χ4n) is 3.30. The van der Waals surface area contributed by atoms with Crippen LogP contribution < -0.4 is 9.47 Å². The zero-order chi connectivity index (χ0) is 16.2. The maximum absolute atomic E-state index is 5.57. The molecule has 0 aromatic heterocycles. The second-order valence-corrected chi connectivity index (χ2v) is 6.22. The van der Waals surface area contributed by atoms with Crippen molar-refractivity contribution in [2.45, 2.75) is 26.3 Å². The quantitative estimate of drug-likeness (QED) is 0.823. The molecule has 0 atom stereocenters. The van der Waals surface area contributed by atoms with Gasteiger partial charge in [0.1, 0.15) is 11.5 Å². The molecule has 1 fully saturated rings. The predicted octanol–water partition coefficient (Wildman–Crippen LogP) is 4.28. The maximum atomic E-state index is 5.57. The molecule has 0 unspecified atom stereocenters. The Morgan fingerprint density at radius 2 is 1.48 bits per heavy atom. The Kier molecular flexibility index (Phi) is 4.87. The Hall–Kier alpha value is -2.00. The molecule has 1 heterocycles. The molecule has 0 saturated carbocycles. The monoisotopic (exact) mass is 311 g/mol. The van der Waals surface area contributed by atoms with Crippen molar-refractivity contribution < 1.29 is 9.47 Å². The highest BCUT2D eigenvalue weighted by Crippen LogP contribution is 2.39. The highest BCUT2D eigenvalue weighted by atomic mass is 16.5. The lowest BCUT2D eigenvalue weighted by Gasteiger charge is -2.17. The molecule has 23 heavy (non-hydrogen) atoms. The van der Waals surface area contributed by atoms with Crippen LogP contribution in [0.5, 0.6) is 11.5 Å². The molecule has 0 aliphatic carbocycles. The van der Waals surface area contributed by atoms with Crippen molar-refractivity contribution in [1.82, 2.24) is 4.90 Å². The van der Waals surface area contributed by atoms with E-state index in [1.54, 1.807) is 14.2 Å². The van der Waals surface area contributed by atoms with E-state index in [0.717, 1.165) is 34.7 Å². The van der Waals surface area contributed by atoms with Gasteiger partial charge in [-0.15, -0.1) is 0 Å². The summed E-state index contributed by atoms with van der Waals surface area (Å²) in [5, 5.41) is 0. The SMILES string of the molecule is COc1cc(C)cc(OC)c1-c1ccc(CN2CCCC2)cc1. The molecule has 3 heteroatoms. The Bertz CT molecular complexity index is 633. The number of hydrogen-bond donors (Lipinski definition) is 0. The van der Waals surface area contributed by atoms with Gasteiger partial charge in [-0.1, -0.05) is 24.3 Å². The minimum atomic E-state index is 0.856. The number of rotatable bonds is 5. The van der Waals surface area contributed by atoms with Crippen molar-refractivity contribution in [2.75, 3.05) is 27.3 Å². The predicted molar refractivity (Wildman–Crippen MR) is 94.2 cm³/mol. The van der Waals surface area contributed by atoms with Crippen LogP contribution in [-0.4, -0.2) is 32.2 Å². The van der Waals surface area contributed by atoms with E-state index < -0.39 is 0 Å². The second-order valence-electron chi connectivity index (χ2n) is 6.22. The van der Waals surface area contributed by atoms with Crippen LogP contribution in [0, 0.1) is 6.92 Å². The van der Waals surface area contributed by atoms with Crippen LogP contribution in [0.4, 0.5) is 0 Å². The molecule has 3 nitrogen and oxygen atoms in total. The lowest BCUT2D eigenvalue weighted by atomic mass is 10.00. The van der Waals surface area contributed by atoms with E-state index in [9.17, 15) is 0 Å². The number of nitrogens with zero attached hydrogens (tertiary/aromatic N) is 1. The summed E-state index contributed by atoms with van der Waals surface area (Å²) in [5.41, 5.74) is 4.64. The number of ether oxygens (including phenoxy) is 2. The second kappa shape index (κ2) is 7.05. The van der Waals surface area contributed by atoms with Gasteiger partial charge in [-0.25, -0.2) is 0 Å². The van der Waals surface area contributed by atoms with Gasteiger partial charge in [0.25, 0.3) is 0 Å². The van der Waals surface area contributed by atoms with E-state index in [1.165, 1.54) is 31.5 Å². The van der Waals surface area contributed by atoms with Gasteiger partial charge < -0.3 is 9.47 Å². The normalized spacial score (nSPS) is 14.9.